The fourth-order valence-electron chi connectivity index (χ4n) is 1.93. The summed E-state index contributed by atoms with van der Waals surface area (Å²) < 4.78 is 13.3. The maximum absolute atomic E-state index is 13.3. The standard InChI is InChI=1S/C12H13FN2O4/c13-9-3-4-10(15(18)19)11(5-9)14(7-12(16)17)6-8-1-2-8/h3-5,8H,1-2,6-7H2,(H,16,17). The predicted octanol–water partition coefficient (Wildman–Crippen LogP) is 2.03. The Morgan fingerprint density at radius 1 is 1.53 bits per heavy atom. The Labute approximate surface area is 108 Å². The van der Waals surface area contributed by atoms with Crippen LogP contribution < -0.4 is 4.90 Å². The number of nitro benzene ring substituents is 1. The Kier molecular flexibility index (Phi) is 3.64. The zero-order valence-corrected chi connectivity index (χ0v) is 10.1. The number of halogens is 1. The summed E-state index contributed by atoms with van der Waals surface area (Å²) >= 11 is 0. The zero-order valence-electron chi connectivity index (χ0n) is 10.1. The van der Waals surface area contributed by atoms with Crippen molar-refractivity contribution in [1.82, 2.24) is 0 Å². The molecule has 1 saturated carbocycles. The van der Waals surface area contributed by atoms with Gasteiger partial charge in [0.15, 0.2) is 0 Å². The highest BCUT2D eigenvalue weighted by Crippen LogP contribution is 2.35. The summed E-state index contributed by atoms with van der Waals surface area (Å²) in [5, 5.41) is 19.8. The van der Waals surface area contributed by atoms with E-state index in [2.05, 4.69) is 0 Å². The molecule has 6 nitrogen and oxygen atoms in total. The fourth-order valence-corrected chi connectivity index (χ4v) is 1.93. The van der Waals surface area contributed by atoms with Gasteiger partial charge in [-0.2, -0.15) is 0 Å². The van der Waals surface area contributed by atoms with E-state index in [1.54, 1.807) is 0 Å². The summed E-state index contributed by atoms with van der Waals surface area (Å²) in [6, 6.07) is 3.08. The molecule has 1 aromatic carbocycles. The molecule has 0 unspecified atom stereocenters. The lowest BCUT2D eigenvalue weighted by atomic mass is 10.2. The first kappa shape index (κ1) is 13.3. The first-order valence-electron chi connectivity index (χ1n) is 5.88. The topological polar surface area (TPSA) is 83.7 Å². The van der Waals surface area contributed by atoms with E-state index in [1.807, 2.05) is 0 Å². The zero-order chi connectivity index (χ0) is 14.0. The van der Waals surface area contributed by atoms with Crippen LogP contribution in [0, 0.1) is 21.8 Å². The molecule has 0 heterocycles. The van der Waals surface area contributed by atoms with Crippen molar-refractivity contribution in [2.75, 3.05) is 18.0 Å². The van der Waals surface area contributed by atoms with Gasteiger partial charge in [0, 0.05) is 18.7 Å². The Hall–Kier alpha value is -2.18. The van der Waals surface area contributed by atoms with Gasteiger partial charge in [-0.05, 0) is 24.8 Å². The van der Waals surface area contributed by atoms with E-state index in [0.29, 0.717) is 12.5 Å². The Balaban J connectivity index is 2.34. The number of carbonyl (C=O) groups is 1. The van der Waals surface area contributed by atoms with Crippen LogP contribution in [0.15, 0.2) is 18.2 Å². The molecule has 2 rings (SSSR count). The van der Waals surface area contributed by atoms with Crippen LogP contribution >= 0.6 is 0 Å². The average molecular weight is 268 g/mol. The van der Waals surface area contributed by atoms with Crippen LogP contribution in [0.4, 0.5) is 15.8 Å². The third-order valence-corrected chi connectivity index (χ3v) is 2.98. The first-order valence-corrected chi connectivity index (χ1v) is 5.88. The van der Waals surface area contributed by atoms with Gasteiger partial charge in [0.25, 0.3) is 5.69 Å². The monoisotopic (exact) mass is 268 g/mol. The van der Waals surface area contributed by atoms with Crippen LogP contribution in [0.25, 0.3) is 0 Å². The van der Waals surface area contributed by atoms with Gasteiger partial charge in [-0.1, -0.05) is 0 Å². The summed E-state index contributed by atoms with van der Waals surface area (Å²) in [4.78, 5) is 22.5. The molecule has 102 valence electrons. The van der Waals surface area contributed by atoms with Crippen molar-refractivity contribution in [2.45, 2.75) is 12.8 Å². The first-order chi connectivity index (χ1) is 8.97. The average Bonchev–Trinajstić information content (AvgIpc) is 3.11. The fraction of sp³-hybridized carbons (Fsp3) is 0.417. The molecule has 1 aliphatic rings. The van der Waals surface area contributed by atoms with E-state index in [-0.39, 0.29) is 17.9 Å². The molecule has 1 N–H and O–H groups in total. The predicted molar refractivity (Wildman–Crippen MR) is 65.6 cm³/mol. The lowest BCUT2D eigenvalue weighted by Gasteiger charge is -2.22. The third-order valence-electron chi connectivity index (χ3n) is 2.98. The molecule has 0 atom stereocenters. The highest BCUT2D eigenvalue weighted by atomic mass is 19.1. The number of carboxylic acid groups (broad SMARTS) is 1. The van der Waals surface area contributed by atoms with E-state index >= 15 is 0 Å². The summed E-state index contributed by atoms with van der Waals surface area (Å²) in [6.45, 7) is 0.0252. The second kappa shape index (κ2) is 5.21. The third kappa shape index (κ3) is 3.40. The van der Waals surface area contributed by atoms with Crippen LogP contribution in [0.1, 0.15) is 12.8 Å². The minimum atomic E-state index is -1.10. The summed E-state index contributed by atoms with van der Waals surface area (Å²) in [6.07, 6.45) is 1.94. The molecule has 0 saturated heterocycles. The van der Waals surface area contributed by atoms with Crippen molar-refractivity contribution >= 4 is 17.3 Å². The van der Waals surface area contributed by atoms with Crippen molar-refractivity contribution in [3.8, 4) is 0 Å². The van der Waals surface area contributed by atoms with Gasteiger partial charge in [0.05, 0.1) is 4.92 Å². The highest BCUT2D eigenvalue weighted by molar-refractivity contribution is 5.76. The van der Waals surface area contributed by atoms with Gasteiger partial charge >= 0.3 is 5.97 Å². The smallest absolute Gasteiger partial charge is 0.323 e. The van der Waals surface area contributed by atoms with Gasteiger partial charge < -0.3 is 10.0 Å². The molecule has 0 radical (unpaired) electrons. The number of benzene rings is 1. The second-order valence-electron chi connectivity index (χ2n) is 4.61. The molecule has 0 amide bonds. The molecule has 19 heavy (non-hydrogen) atoms. The van der Waals surface area contributed by atoms with Crippen LogP contribution in [0.2, 0.25) is 0 Å². The van der Waals surface area contributed by atoms with Crippen molar-refractivity contribution in [3.05, 3.63) is 34.1 Å². The van der Waals surface area contributed by atoms with Gasteiger partial charge in [-0.15, -0.1) is 0 Å². The molecule has 0 aromatic heterocycles. The summed E-state index contributed by atoms with van der Waals surface area (Å²) in [5.41, 5.74) is -0.248. The molecule has 1 aliphatic carbocycles. The normalized spacial score (nSPS) is 14.2. The lowest BCUT2D eigenvalue weighted by molar-refractivity contribution is -0.384. The Bertz CT molecular complexity index is 516. The molecule has 7 heteroatoms. The van der Waals surface area contributed by atoms with Gasteiger partial charge in [-0.25, -0.2) is 4.39 Å². The number of aliphatic carboxylic acids is 1. The largest absolute Gasteiger partial charge is 0.480 e. The van der Waals surface area contributed by atoms with E-state index in [4.69, 9.17) is 5.11 Å². The van der Waals surface area contributed by atoms with E-state index < -0.39 is 16.7 Å². The highest BCUT2D eigenvalue weighted by Gasteiger charge is 2.29. The quantitative estimate of drug-likeness (QED) is 0.630. The maximum Gasteiger partial charge on any atom is 0.323 e. The van der Waals surface area contributed by atoms with Crippen LogP contribution in [-0.4, -0.2) is 29.1 Å². The summed E-state index contributed by atoms with van der Waals surface area (Å²) in [5.74, 6) is -1.38. The van der Waals surface area contributed by atoms with Crippen molar-refractivity contribution in [1.29, 1.82) is 0 Å². The van der Waals surface area contributed by atoms with Crippen molar-refractivity contribution < 1.29 is 19.2 Å². The number of nitrogens with zero attached hydrogens (tertiary/aromatic N) is 2. The van der Waals surface area contributed by atoms with Crippen molar-refractivity contribution in [3.63, 3.8) is 0 Å². The number of anilines is 1. The van der Waals surface area contributed by atoms with Crippen LogP contribution in [0.5, 0.6) is 0 Å². The second-order valence-corrected chi connectivity index (χ2v) is 4.61. The minimum absolute atomic E-state index is 0.0271. The molecular formula is C12H13FN2O4. The molecule has 0 spiro atoms. The number of rotatable bonds is 6. The minimum Gasteiger partial charge on any atom is -0.480 e. The molecule has 1 aromatic rings. The molecule has 1 fully saturated rings. The SMILES string of the molecule is O=C(O)CN(CC1CC1)c1cc(F)ccc1[N+](=O)[O-]. The number of hydrogen-bond donors (Lipinski definition) is 1. The molecule has 0 bridgehead atoms. The number of carboxylic acids is 1. The maximum atomic E-state index is 13.3. The van der Waals surface area contributed by atoms with Crippen molar-refractivity contribution in [2.24, 2.45) is 5.92 Å². The van der Waals surface area contributed by atoms with E-state index in [1.165, 1.54) is 4.90 Å². The number of hydrogen-bond acceptors (Lipinski definition) is 4. The Morgan fingerprint density at radius 2 is 2.21 bits per heavy atom. The van der Waals surface area contributed by atoms with Crippen LogP contribution in [0.3, 0.4) is 0 Å². The van der Waals surface area contributed by atoms with Gasteiger partial charge in [0.2, 0.25) is 0 Å². The lowest BCUT2D eigenvalue weighted by Crippen LogP contribution is -2.32. The Morgan fingerprint density at radius 3 is 2.74 bits per heavy atom. The van der Waals surface area contributed by atoms with Gasteiger partial charge in [0.1, 0.15) is 18.0 Å². The number of nitro groups is 1. The van der Waals surface area contributed by atoms with E-state index in [0.717, 1.165) is 31.0 Å². The molecule has 0 aliphatic heterocycles. The molecular weight excluding hydrogens is 255 g/mol. The van der Waals surface area contributed by atoms with E-state index in [9.17, 15) is 19.3 Å². The summed E-state index contributed by atoms with van der Waals surface area (Å²) in [7, 11) is 0. The van der Waals surface area contributed by atoms with Gasteiger partial charge in [-0.3, -0.25) is 14.9 Å². The van der Waals surface area contributed by atoms with Crippen LogP contribution in [-0.2, 0) is 4.79 Å².